The third kappa shape index (κ3) is 6.59. The number of anilines is 1. The summed E-state index contributed by atoms with van der Waals surface area (Å²) in [5, 5.41) is 20.4. The fourth-order valence-corrected chi connectivity index (χ4v) is 6.13. The summed E-state index contributed by atoms with van der Waals surface area (Å²) in [5.41, 5.74) is 2.44. The van der Waals surface area contributed by atoms with Gasteiger partial charge in [0, 0.05) is 10.8 Å². The average Bonchev–Trinajstić information content (AvgIpc) is 3.57. The first-order valence-electron chi connectivity index (χ1n) is 12.5. The molecule has 1 aliphatic rings. The molecule has 0 radical (unpaired) electrons. The third-order valence-corrected chi connectivity index (χ3v) is 8.52. The van der Waals surface area contributed by atoms with Crippen LogP contribution in [0.5, 0.6) is 5.75 Å². The lowest BCUT2D eigenvalue weighted by atomic mass is 9.95. The fraction of sp³-hybridized carbons (Fsp3) is 0.0968. The number of aliphatic hydroxyl groups excluding tert-OH is 1. The van der Waals surface area contributed by atoms with Crippen LogP contribution in [-0.2, 0) is 15.3 Å². The number of hydrogen-bond donors (Lipinski definition) is 1. The number of carbonyl (C=O) groups is 2. The number of nitrogens with zero attached hydrogens (tertiary/aromatic N) is 3. The maximum Gasteiger partial charge on any atom is 0.296 e. The van der Waals surface area contributed by atoms with Crippen LogP contribution in [0.2, 0.25) is 5.02 Å². The number of hydrogen-bond acceptors (Lipinski definition) is 8. The molecule has 0 aliphatic carbocycles. The molecule has 0 bridgehead atoms. The van der Waals surface area contributed by atoms with E-state index in [1.807, 2.05) is 54.6 Å². The maximum absolute atomic E-state index is 13.5. The molecule has 41 heavy (non-hydrogen) atoms. The fourth-order valence-electron chi connectivity index (χ4n) is 4.18. The van der Waals surface area contributed by atoms with E-state index in [4.69, 9.17) is 16.3 Å². The van der Waals surface area contributed by atoms with E-state index in [0.717, 1.165) is 11.1 Å². The van der Waals surface area contributed by atoms with Crippen molar-refractivity contribution in [2.24, 2.45) is 0 Å². The van der Waals surface area contributed by atoms with Crippen molar-refractivity contribution in [1.82, 2.24) is 10.2 Å². The van der Waals surface area contributed by atoms with E-state index in [2.05, 4.69) is 16.8 Å². The van der Waals surface area contributed by atoms with Crippen LogP contribution in [0.1, 0.15) is 22.7 Å². The zero-order chi connectivity index (χ0) is 28.8. The Morgan fingerprint density at radius 2 is 1.80 bits per heavy atom. The summed E-state index contributed by atoms with van der Waals surface area (Å²) >= 11 is 8.66. The van der Waals surface area contributed by atoms with Gasteiger partial charge in [-0.25, -0.2) is 0 Å². The highest BCUT2D eigenvalue weighted by molar-refractivity contribution is 8.00. The summed E-state index contributed by atoms with van der Waals surface area (Å²) in [6.45, 7) is 3.99. The van der Waals surface area contributed by atoms with Crippen molar-refractivity contribution in [3.63, 3.8) is 0 Å². The van der Waals surface area contributed by atoms with Crippen molar-refractivity contribution in [2.75, 3.05) is 11.5 Å². The van der Waals surface area contributed by atoms with E-state index in [0.29, 0.717) is 33.0 Å². The Hall–Kier alpha value is -4.18. The Morgan fingerprint density at radius 3 is 2.51 bits per heavy atom. The van der Waals surface area contributed by atoms with E-state index in [9.17, 15) is 14.7 Å². The Morgan fingerprint density at radius 1 is 1.07 bits per heavy atom. The number of allylic oxidation sites excluding steroid dienone is 1. The molecule has 0 saturated carbocycles. The highest BCUT2D eigenvalue weighted by atomic mass is 35.5. The summed E-state index contributed by atoms with van der Waals surface area (Å²) in [6.07, 6.45) is 4.65. The lowest BCUT2D eigenvalue weighted by molar-refractivity contribution is -0.117. The van der Waals surface area contributed by atoms with Gasteiger partial charge in [0.15, 0.2) is 15.9 Å². The van der Waals surface area contributed by atoms with Crippen LogP contribution in [0.3, 0.4) is 0 Å². The third-order valence-electron chi connectivity index (χ3n) is 6.14. The summed E-state index contributed by atoms with van der Waals surface area (Å²) in [6, 6.07) is 22.9. The average molecular weight is 602 g/mol. The van der Waals surface area contributed by atoms with Crippen LogP contribution >= 0.6 is 34.7 Å². The summed E-state index contributed by atoms with van der Waals surface area (Å²) < 4.78 is 6.23. The molecule has 1 N–H and O–H groups in total. The lowest BCUT2D eigenvalue weighted by Gasteiger charge is -2.24. The molecule has 2 heterocycles. The summed E-state index contributed by atoms with van der Waals surface area (Å²) in [7, 11) is 0. The number of benzene rings is 3. The number of carbonyl (C=O) groups excluding carboxylic acids is 2. The number of ketones is 1. The van der Waals surface area contributed by atoms with E-state index in [1.54, 1.807) is 36.4 Å². The van der Waals surface area contributed by atoms with Gasteiger partial charge in [-0.05, 0) is 47.0 Å². The molecule has 10 heteroatoms. The normalized spacial score (nSPS) is 15.1. The molecule has 4 aromatic rings. The largest absolute Gasteiger partial charge is 0.503 e. The highest BCUT2D eigenvalue weighted by Gasteiger charge is 2.45. The van der Waals surface area contributed by atoms with Crippen molar-refractivity contribution in [2.45, 2.75) is 16.1 Å². The monoisotopic (exact) mass is 601 g/mol. The van der Waals surface area contributed by atoms with Crippen molar-refractivity contribution < 1.29 is 19.4 Å². The molecule has 1 amide bonds. The van der Waals surface area contributed by atoms with Gasteiger partial charge in [0.1, 0.15) is 12.4 Å². The Labute approximate surface area is 250 Å². The van der Waals surface area contributed by atoms with Crippen LogP contribution in [-0.4, -0.2) is 33.6 Å². The van der Waals surface area contributed by atoms with Crippen LogP contribution < -0.4 is 9.64 Å². The Balaban J connectivity index is 1.45. The van der Waals surface area contributed by atoms with Crippen LogP contribution in [0.15, 0.2) is 113 Å². The quantitative estimate of drug-likeness (QED) is 0.0839. The van der Waals surface area contributed by atoms with Gasteiger partial charge in [-0.3, -0.25) is 14.5 Å². The molecule has 0 fully saturated rings. The molecule has 0 saturated heterocycles. The predicted molar refractivity (Wildman–Crippen MR) is 163 cm³/mol. The number of aromatic nitrogens is 2. The SMILES string of the molecule is C=CCOc1ccc(C2C(C(=O)/C=C/c3ccccc3)=C(O)C(=O)N2c2nnc(SCc3ccc(Cl)cc3)s2)cc1. The number of ether oxygens (including phenoxy) is 1. The van der Waals surface area contributed by atoms with Gasteiger partial charge >= 0.3 is 0 Å². The number of amides is 1. The first-order chi connectivity index (χ1) is 19.9. The molecule has 1 aliphatic heterocycles. The van der Waals surface area contributed by atoms with Gasteiger partial charge in [0.05, 0.1) is 11.6 Å². The molecular weight excluding hydrogens is 578 g/mol. The topological polar surface area (TPSA) is 92.6 Å². The predicted octanol–water partition coefficient (Wildman–Crippen LogP) is 7.23. The minimum atomic E-state index is -0.911. The summed E-state index contributed by atoms with van der Waals surface area (Å²) in [5.74, 6) is -0.584. The minimum absolute atomic E-state index is 0.0347. The second kappa shape index (κ2) is 13.0. The molecule has 1 unspecified atom stereocenters. The minimum Gasteiger partial charge on any atom is -0.503 e. The smallest absolute Gasteiger partial charge is 0.296 e. The number of halogens is 1. The molecule has 3 aromatic carbocycles. The van der Waals surface area contributed by atoms with Gasteiger partial charge in [0.2, 0.25) is 5.13 Å². The highest BCUT2D eigenvalue weighted by Crippen LogP contribution is 2.43. The number of aliphatic hydroxyl groups is 1. The van der Waals surface area contributed by atoms with Crippen LogP contribution in [0, 0.1) is 0 Å². The van der Waals surface area contributed by atoms with Crippen molar-refractivity contribution in [3.8, 4) is 5.75 Å². The van der Waals surface area contributed by atoms with Crippen molar-refractivity contribution in [1.29, 1.82) is 0 Å². The molecule has 7 nitrogen and oxygen atoms in total. The van der Waals surface area contributed by atoms with Gasteiger partial charge in [-0.2, -0.15) is 0 Å². The van der Waals surface area contributed by atoms with Crippen LogP contribution in [0.4, 0.5) is 5.13 Å². The molecule has 5 rings (SSSR count). The molecule has 0 spiro atoms. The molecule has 1 aromatic heterocycles. The second-order valence-corrected chi connectivity index (χ2v) is 11.5. The molecular formula is C31H24ClN3O4S2. The van der Waals surface area contributed by atoms with E-state index in [1.165, 1.54) is 34.1 Å². The Kier molecular flexibility index (Phi) is 8.98. The zero-order valence-electron chi connectivity index (χ0n) is 21.6. The first kappa shape index (κ1) is 28.4. The van der Waals surface area contributed by atoms with Crippen molar-refractivity contribution >= 4 is 57.6 Å². The lowest BCUT2D eigenvalue weighted by Crippen LogP contribution is -2.30. The van der Waals surface area contributed by atoms with Crippen LogP contribution in [0.25, 0.3) is 6.08 Å². The van der Waals surface area contributed by atoms with Gasteiger partial charge < -0.3 is 9.84 Å². The zero-order valence-corrected chi connectivity index (χ0v) is 24.0. The van der Waals surface area contributed by atoms with E-state index < -0.39 is 23.5 Å². The molecule has 206 valence electrons. The second-order valence-electron chi connectivity index (χ2n) is 8.88. The van der Waals surface area contributed by atoms with E-state index in [-0.39, 0.29) is 10.7 Å². The van der Waals surface area contributed by atoms with Crippen molar-refractivity contribution in [3.05, 3.63) is 131 Å². The van der Waals surface area contributed by atoms with Gasteiger partial charge in [0.25, 0.3) is 5.91 Å². The van der Waals surface area contributed by atoms with Gasteiger partial charge in [-0.1, -0.05) is 108 Å². The summed E-state index contributed by atoms with van der Waals surface area (Å²) in [4.78, 5) is 28.2. The first-order valence-corrected chi connectivity index (χ1v) is 14.7. The van der Waals surface area contributed by atoms with E-state index >= 15 is 0 Å². The Bertz CT molecular complexity index is 1620. The maximum atomic E-state index is 13.5. The number of thioether (sulfide) groups is 1. The standard InChI is InChI=1S/C31H24ClN3O4S2/c1-2-18-39-24-15-11-22(12-16-24)27-26(25(36)17-10-20-6-4-3-5-7-20)28(37)29(38)35(27)30-33-34-31(41-30)40-19-21-8-13-23(32)14-9-21/h2-17,27,37H,1,18-19H2/b17-10+. The molecule has 1 atom stereocenters. The van der Waals surface area contributed by atoms with Gasteiger partial charge in [-0.15, -0.1) is 10.2 Å². The number of rotatable bonds is 11.